The number of aromatic nitrogens is 3. The average molecular weight is 187 g/mol. The van der Waals surface area contributed by atoms with Crippen molar-refractivity contribution in [2.24, 2.45) is 7.05 Å². The van der Waals surface area contributed by atoms with Crippen LogP contribution in [0.2, 0.25) is 0 Å². The molecule has 0 aliphatic carbocycles. The molecule has 1 rings (SSSR count). The van der Waals surface area contributed by atoms with Crippen LogP contribution in [0.4, 0.5) is 0 Å². The van der Waals surface area contributed by atoms with E-state index in [1.807, 2.05) is 11.6 Å². The van der Waals surface area contributed by atoms with E-state index in [-0.39, 0.29) is 6.61 Å². The molecule has 0 saturated heterocycles. The normalized spacial score (nSPS) is 11.1. The Morgan fingerprint density at radius 2 is 2.17 bits per heavy atom. The molecule has 0 aromatic carbocycles. The zero-order valence-corrected chi connectivity index (χ0v) is 8.30. The highest BCUT2D eigenvalue weighted by atomic mass is 32.2. The molecule has 0 saturated carbocycles. The molecule has 0 amide bonds. The first kappa shape index (κ1) is 9.54. The van der Waals surface area contributed by atoms with Gasteiger partial charge < -0.3 is 9.67 Å². The quantitative estimate of drug-likeness (QED) is 0.711. The van der Waals surface area contributed by atoms with Gasteiger partial charge in [0.1, 0.15) is 6.61 Å². The minimum atomic E-state index is -0.0534. The van der Waals surface area contributed by atoms with E-state index in [0.29, 0.717) is 11.1 Å². The highest BCUT2D eigenvalue weighted by Crippen LogP contribution is 2.20. The Morgan fingerprint density at radius 1 is 1.50 bits per heavy atom. The van der Waals surface area contributed by atoms with Gasteiger partial charge in [0.25, 0.3) is 0 Å². The summed E-state index contributed by atoms with van der Waals surface area (Å²) in [7, 11) is 1.86. The fourth-order valence-electron chi connectivity index (χ4n) is 0.796. The van der Waals surface area contributed by atoms with Crippen molar-refractivity contribution >= 4 is 11.8 Å². The van der Waals surface area contributed by atoms with Crippen LogP contribution >= 0.6 is 11.8 Å². The van der Waals surface area contributed by atoms with Gasteiger partial charge in [-0.2, -0.15) is 0 Å². The summed E-state index contributed by atoms with van der Waals surface area (Å²) in [5, 5.41) is 17.9. The van der Waals surface area contributed by atoms with Crippen molar-refractivity contribution in [1.82, 2.24) is 14.8 Å². The largest absolute Gasteiger partial charge is 0.388 e. The summed E-state index contributed by atoms with van der Waals surface area (Å²) in [4.78, 5) is 0. The predicted molar refractivity (Wildman–Crippen MR) is 47.9 cm³/mol. The number of hydrogen-bond acceptors (Lipinski definition) is 4. The third kappa shape index (κ3) is 1.98. The molecular weight excluding hydrogens is 174 g/mol. The van der Waals surface area contributed by atoms with Crippen LogP contribution in [0.25, 0.3) is 0 Å². The summed E-state index contributed by atoms with van der Waals surface area (Å²) >= 11 is 1.64. The fraction of sp³-hybridized carbons (Fsp3) is 0.714. The van der Waals surface area contributed by atoms with Crippen LogP contribution in [-0.2, 0) is 13.7 Å². The highest BCUT2D eigenvalue weighted by molar-refractivity contribution is 7.99. The van der Waals surface area contributed by atoms with E-state index in [0.717, 1.165) is 5.16 Å². The Kier molecular flexibility index (Phi) is 3.11. The second-order valence-corrected chi connectivity index (χ2v) is 4.33. The summed E-state index contributed by atoms with van der Waals surface area (Å²) in [6.45, 7) is 4.14. The standard InChI is InChI=1S/C7H13N3OS/c1-5(2)12-7-9-8-6(4-11)10(7)3/h5,11H,4H2,1-3H3. The molecule has 0 spiro atoms. The molecule has 1 heterocycles. The maximum absolute atomic E-state index is 8.83. The van der Waals surface area contributed by atoms with E-state index >= 15 is 0 Å². The first-order chi connectivity index (χ1) is 5.65. The number of hydrogen-bond donors (Lipinski definition) is 1. The smallest absolute Gasteiger partial charge is 0.191 e. The van der Waals surface area contributed by atoms with Gasteiger partial charge in [-0.1, -0.05) is 25.6 Å². The van der Waals surface area contributed by atoms with Gasteiger partial charge in [-0.25, -0.2) is 0 Å². The number of aliphatic hydroxyl groups excluding tert-OH is 1. The number of nitrogens with zero attached hydrogens (tertiary/aromatic N) is 3. The molecule has 4 nitrogen and oxygen atoms in total. The Bertz CT molecular complexity index is 259. The van der Waals surface area contributed by atoms with Crippen LogP contribution in [-0.4, -0.2) is 25.1 Å². The summed E-state index contributed by atoms with van der Waals surface area (Å²) in [5.41, 5.74) is 0. The molecule has 1 aromatic rings. The second kappa shape index (κ2) is 3.91. The minimum Gasteiger partial charge on any atom is -0.388 e. The maximum atomic E-state index is 8.83. The Balaban J connectivity index is 2.80. The maximum Gasteiger partial charge on any atom is 0.191 e. The molecule has 1 aromatic heterocycles. The topological polar surface area (TPSA) is 50.9 Å². The second-order valence-electron chi connectivity index (χ2n) is 2.78. The molecule has 0 unspecified atom stereocenters. The predicted octanol–water partition coefficient (Wildman–Crippen LogP) is 0.808. The van der Waals surface area contributed by atoms with Crippen LogP contribution < -0.4 is 0 Å². The number of aliphatic hydroxyl groups is 1. The lowest BCUT2D eigenvalue weighted by molar-refractivity contribution is 0.266. The van der Waals surface area contributed by atoms with E-state index in [4.69, 9.17) is 5.11 Å². The first-order valence-electron chi connectivity index (χ1n) is 3.81. The zero-order chi connectivity index (χ0) is 9.14. The van der Waals surface area contributed by atoms with Gasteiger partial charge in [-0.05, 0) is 0 Å². The Labute approximate surface area is 76.0 Å². The molecule has 0 radical (unpaired) electrons. The lowest BCUT2D eigenvalue weighted by atomic mass is 10.6. The molecule has 0 bridgehead atoms. The molecule has 0 aliphatic rings. The van der Waals surface area contributed by atoms with Crippen LogP contribution in [0.3, 0.4) is 0 Å². The Morgan fingerprint density at radius 3 is 2.58 bits per heavy atom. The van der Waals surface area contributed by atoms with E-state index in [1.165, 1.54) is 0 Å². The SMILES string of the molecule is CC(C)Sc1nnc(CO)n1C. The van der Waals surface area contributed by atoms with Crippen molar-refractivity contribution in [3.05, 3.63) is 5.82 Å². The molecule has 12 heavy (non-hydrogen) atoms. The van der Waals surface area contributed by atoms with Gasteiger partial charge in [-0.3, -0.25) is 0 Å². The molecule has 68 valence electrons. The van der Waals surface area contributed by atoms with E-state index in [9.17, 15) is 0 Å². The van der Waals surface area contributed by atoms with Crippen molar-refractivity contribution in [2.75, 3.05) is 0 Å². The fourth-order valence-corrected chi connectivity index (χ4v) is 1.57. The van der Waals surface area contributed by atoms with Gasteiger partial charge in [0.2, 0.25) is 0 Å². The van der Waals surface area contributed by atoms with Crippen LogP contribution in [0.1, 0.15) is 19.7 Å². The van der Waals surface area contributed by atoms with Crippen LogP contribution in [0.5, 0.6) is 0 Å². The van der Waals surface area contributed by atoms with E-state index in [2.05, 4.69) is 24.0 Å². The summed E-state index contributed by atoms with van der Waals surface area (Å²) < 4.78 is 1.81. The van der Waals surface area contributed by atoms with Gasteiger partial charge in [-0.15, -0.1) is 10.2 Å². The monoisotopic (exact) mass is 187 g/mol. The highest BCUT2D eigenvalue weighted by Gasteiger charge is 2.08. The average Bonchev–Trinajstić information content (AvgIpc) is 2.32. The zero-order valence-electron chi connectivity index (χ0n) is 7.48. The third-order valence-corrected chi connectivity index (χ3v) is 2.45. The number of rotatable bonds is 3. The van der Waals surface area contributed by atoms with Crippen molar-refractivity contribution in [3.63, 3.8) is 0 Å². The van der Waals surface area contributed by atoms with Gasteiger partial charge >= 0.3 is 0 Å². The summed E-state index contributed by atoms with van der Waals surface area (Å²) in [6.07, 6.45) is 0. The van der Waals surface area contributed by atoms with Crippen molar-refractivity contribution in [3.8, 4) is 0 Å². The molecule has 0 atom stereocenters. The molecule has 0 fully saturated rings. The van der Waals surface area contributed by atoms with Crippen LogP contribution in [0, 0.1) is 0 Å². The van der Waals surface area contributed by atoms with Gasteiger partial charge in [0, 0.05) is 12.3 Å². The van der Waals surface area contributed by atoms with Gasteiger partial charge in [0.15, 0.2) is 11.0 Å². The lowest BCUT2D eigenvalue weighted by Gasteiger charge is -2.03. The summed E-state index contributed by atoms with van der Waals surface area (Å²) in [6, 6.07) is 0. The Hall–Kier alpha value is -0.550. The minimum absolute atomic E-state index is 0.0534. The first-order valence-corrected chi connectivity index (χ1v) is 4.69. The number of thioether (sulfide) groups is 1. The third-order valence-electron chi connectivity index (χ3n) is 1.41. The summed E-state index contributed by atoms with van der Waals surface area (Å²) in [5.74, 6) is 0.609. The van der Waals surface area contributed by atoms with E-state index in [1.54, 1.807) is 11.8 Å². The van der Waals surface area contributed by atoms with Gasteiger partial charge in [0.05, 0.1) is 0 Å². The van der Waals surface area contributed by atoms with Crippen molar-refractivity contribution in [1.29, 1.82) is 0 Å². The molecule has 0 aliphatic heterocycles. The van der Waals surface area contributed by atoms with Crippen molar-refractivity contribution < 1.29 is 5.11 Å². The van der Waals surface area contributed by atoms with Crippen molar-refractivity contribution in [2.45, 2.75) is 30.9 Å². The molecule has 1 N–H and O–H groups in total. The molecule has 5 heteroatoms. The lowest BCUT2D eigenvalue weighted by Crippen LogP contribution is -1.99. The van der Waals surface area contributed by atoms with E-state index < -0.39 is 0 Å². The van der Waals surface area contributed by atoms with Crippen LogP contribution in [0.15, 0.2) is 5.16 Å². The molecular formula is C7H13N3OS.